The first-order valence-corrected chi connectivity index (χ1v) is 12.9. The van der Waals surface area contributed by atoms with E-state index in [2.05, 4.69) is 35.8 Å². The Bertz CT molecular complexity index is 1320. The Hall–Kier alpha value is -2.97. The van der Waals surface area contributed by atoms with Gasteiger partial charge >= 0.3 is 18.1 Å². The summed E-state index contributed by atoms with van der Waals surface area (Å²) in [7, 11) is -7.08. The van der Waals surface area contributed by atoms with Crippen molar-refractivity contribution in [1.29, 1.82) is 0 Å². The number of benzene rings is 1. The van der Waals surface area contributed by atoms with Crippen LogP contribution in [0.5, 0.6) is 0 Å². The molecule has 166 valence electrons. The molecule has 1 saturated carbocycles. The summed E-state index contributed by atoms with van der Waals surface area (Å²) in [4.78, 5) is 4.45. The minimum Gasteiger partial charge on any atom is -0.370 e. The third kappa shape index (κ3) is 4.55. The van der Waals surface area contributed by atoms with Crippen molar-refractivity contribution in [2.45, 2.75) is 12.8 Å². The van der Waals surface area contributed by atoms with E-state index in [0.717, 1.165) is 33.5 Å². The molecular weight excluding hydrogens is 444 g/mol. The molecule has 0 bridgehead atoms. The molecule has 3 aromatic rings. The van der Waals surface area contributed by atoms with Gasteiger partial charge in [0.15, 0.2) is 5.82 Å². The Morgan fingerprint density at radius 1 is 1.06 bits per heavy atom. The summed E-state index contributed by atoms with van der Waals surface area (Å²) in [5.41, 5.74) is 1.83. The Labute approximate surface area is 178 Å². The van der Waals surface area contributed by atoms with Gasteiger partial charge in [-0.2, -0.15) is 36.6 Å². The van der Waals surface area contributed by atoms with Gasteiger partial charge in [0, 0.05) is 26.3 Å². The zero-order chi connectivity index (χ0) is 22.2. The van der Waals surface area contributed by atoms with Crippen molar-refractivity contribution in [2.24, 2.45) is 5.92 Å². The Balaban J connectivity index is 1.67. The van der Waals surface area contributed by atoms with Crippen LogP contribution in [0, 0.1) is 5.92 Å². The van der Waals surface area contributed by atoms with Crippen LogP contribution in [0.1, 0.15) is 12.8 Å². The molecular formula is C17H22N8O4S2. The monoisotopic (exact) mass is 466 g/mol. The Morgan fingerprint density at radius 3 is 2.52 bits per heavy atom. The third-order valence-corrected chi connectivity index (χ3v) is 9.43. The normalized spacial score (nSPS) is 14.7. The Morgan fingerprint density at radius 2 is 1.81 bits per heavy atom. The van der Waals surface area contributed by atoms with Crippen molar-refractivity contribution >= 4 is 52.2 Å². The van der Waals surface area contributed by atoms with Crippen molar-refractivity contribution in [3.05, 3.63) is 30.3 Å². The van der Waals surface area contributed by atoms with E-state index in [1.807, 2.05) is 0 Å². The lowest BCUT2D eigenvalue weighted by molar-refractivity contribution is 0.528. The highest BCUT2D eigenvalue weighted by molar-refractivity contribution is 8.66. The van der Waals surface area contributed by atoms with Crippen LogP contribution in [0.2, 0.25) is 0 Å². The zero-order valence-electron chi connectivity index (χ0n) is 16.8. The number of H-pyrrole nitrogens is 1. The van der Waals surface area contributed by atoms with Crippen molar-refractivity contribution in [3.63, 3.8) is 0 Å². The molecule has 0 saturated heterocycles. The lowest BCUT2D eigenvalue weighted by atomic mass is 10.2. The molecule has 1 aliphatic rings. The first-order chi connectivity index (χ1) is 14.7. The van der Waals surface area contributed by atoms with Crippen LogP contribution in [0.15, 0.2) is 30.3 Å². The molecule has 1 aliphatic carbocycles. The number of aromatic amines is 1. The summed E-state index contributed by atoms with van der Waals surface area (Å²) in [6, 6.07) is 8.22. The average Bonchev–Trinajstić information content (AvgIpc) is 3.43. The van der Waals surface area contributed by atoms with Crippen LogP contribution in [0.25, 0.3) is 11.0 Å². The minimum absolute atomic E-state index is 0.0114. The van der Waals surface area contributed by atoms with E-state index in [0.29, 0.717) is 32.8 Å². The summed E-state index contributed by atoms with van der Waals surface area (Å²) in [6.07, 6.45) is 2.33. The number of hydrogen-bond acceptors (Lipinski definition) is 9. The second kappa shape index (κ2) is 7.94. The number of aromatic nitrogens is 4. The van der Waals surface area contributed by atoms with E-state index in [1.54, 1.807) is 24.3 Å². The van der Waals surface area contributed by atoms with Gasteiger partial charge in [-0.05, 0) is 49.1 Å². The highest BCUT2D eigenvalue weighted by Crippen LogP contribution is 2.31. The summed E-state index contributed by atoms with van der Waals surface area (Å²) in [5, 5.41) is 16.8. The predicted octanol–water partition coefficient (Wildman–Crippen LogP) is 1.47. The number of pyridine rings is 1. The van der Waals surface area contributed by atoms with Crippen LogP contribution in [0.4, 0.5) is 23.0 Å². The molecule has 0 spiro atoms. The predicted molar refractivity (Wildman–Crippen MR) is 118 cm³/mol. The van der Waals surface area contributed by atoms with Crippen LogP contribution in [-0.4, -0.2) is 62.2 Å². The smallest absolute Gasteiger partial charge is 0.353 e. The maximum Gasteiger partial charge on any atom is 0.353 e. The van der Waals surface area contributed by atoms with Gasteiger partial charge < -0.3 is 10.6 Å². The molecule has 14 heteroatoms. The van der Waals surface area contributed by atoms with E-state index in [4.69, 9.17) is 0 Å². The van der Waals surface area contributed by atoms with Crippen molar-refractivity contribution < 1.29 is 16.8 Å². The number of rotatable bonds is 9. The summed E-state index contributed by atoms with van der Waals surface area (Å²) in [5.74, 6) is 1.28. The van der Waals surface area contributed by atoms with Crippen LogP contribution < -0.4 is 15.4 Å². The molecule has 0 aliphatic heterocycles. The molecule has 0 unspecified atom stereocenters. The second-order valence-corrected chi connectivity index (χ2v) is 12.6. The molecule has 2 heterocycles. The number of hydrogen-bond donors (Lipinski definition) is 4. The first kappa shape index (κ1) is 21.3. The second-order valence-electron chi connectivity index (χ2n) is 7.37. The summed E-state index contributed by atoms with van der Waals surface area (Å²) < 4.78 is 52.1. The van der Waals surface area contributed by atoms with E-state index in [1.165, 1.54) is 6.07 Å². The van der Waals surface area contributed by atoms with Gasteiger partial charge in [-0.3, -0.25) is 4.72 Å². The van der Waals surface area contributed by atoms with E-state index >= 15 is 0 Å². The third-order valence-electron chi connectivity index (χ3n) is 4.70. The number of nitrogens with one attached hydrogen (secondary N) is 4. The molecule has 4 N–H and O–H groups in total. The van der Waals surface area contributed by atoms with Crippen LogP contribution in [0.3, 0.4) is 0 Å². The fourth-order valence-electron chi connectivity index (χ4n) is 2.74. The molecule has 0 atom stereocenters. The van der Waals surface area contributed by atoms with Crippen LogP contribution in [-0.2, 0) is 18.1 Å². The molecule has 1 fully saturated rings. The molecule has 4 rings (SSSR count). The maximum atomic E-state index is 12.5. The highest BCUT2D eigenvalue weighted by atomic mass is 33.2. The SMILES string of the molecule is CN(C)S(=O)(=O)S(=O)(=O)Nc1ccc(NCC2CC2)nc1Nc1ccc2n[nH]nc2c1. The quantitative estimate of drug-likeness (QED) is 0.342. The van der Waals surface area contributed by atoms with Gasteiger partial charge in [0.25, 0.3) is 0 Å². The van der Waals surface area contributed by atoms with Gasteiger partial charge in [0.1, 0.15) is 16.9 Å². The van der Waals surface area contributed by atoms with E-state index in [9.17, 15) is 16.8 Å². The first-order valence-electron chi connectivity index (χ1n) is 9.43. The molecule has 0 radical (unpaired) electrons. The van der Waals surface area contributed by atoms with Crippen molar-refractivity contribution in [1.82, 2.24) is 24.7 Å². The lowest BCUT2D eigenvalue weighted by Crippen LogP contribution is -2.34. The van der Waals surface area contributed by atoms with Crippen molar-refractivity contribution in [2.75, 3.05) is 36.0 Å². The molecule has 31 heavy (non-hydrogen) atoms. The maximum absolute atomic E-state index is 12.5. The van der Waals surface area contributed by atoms with Gasteiger partial charge in [-0.25, -0.2) is 4.98 Å². The largest absolute Gasteiger partial charge is 0.370 e. The van der Waals surface area contributed by atoms with E-state index < -0.39 is 18.1 Å². The topological polar surface area (TPSA) is 162 Å². The zero-order valence-corrected chi connectivity index (χ0v) is 18.5. The fraction of sp³-hybridized carbons (Fsp3) is 0.353. The highest BCUT2D eigenvalue weighted by Gasteiger charge is 2.33. The number of fused-ring (bicyclic) bond motifs is 1. The summed E-state index contributed by atoms with van der Waals surface area (Å²) in [6.45, 7) is 0.761. The lowest BCUT2D eigenvalue weighted by Gasteiger charge is -2.17. The molecule has 12 nitrogen and oxygen atoms in total. The summed E-state index contributed by atoms with van der Waals surface area (Å²) >= 11 is 0. The van der Waals surface area contributed by atoms with Gasteiger partial charge in [0.2, 0.25) is 0 Å². The molecule has 2 aromatic heterocycles. The number of anilines is 4. The standard InChI is InChI=1S/C17H22N8O4S2/c1-25(2)31(28,29)30(26,27)23-14-7-8-16(18-10-11-3-4-11)20-17(14)19-12-5-6-13-15(9-12)22-24-21-13/h5-9,11,23H,3-4,10H2,1-2H3,(H2,18,19,20)(H,21,22,24). The molecule has 1 aromatic carbocycles. The van der Waals surface area contributed by atoms with Gasteiger partial charge in [-0.15, -0.1) is 0 Å². The van der Waals surface area contributed by atoms with Crippen molar-refractivity contribution in [3.8, 4) is 0 Å². The average molecular weight is 467 g/mol. The minimum atomic E-state index is -4.76. The number of nitrogens with zero attached hydrogens (tertiary/aromatic N) is 4. The van der Waals surface area contributed by atoms with Gasteiger partial charge in [-0.1, -0.05) is 0 Å². The molecule has 0 amide bonds. The van der Waals surface area contributed by atoms with Gasteiger partial charge in [0.05, 0.1) is 5.69 Å². The van der Waals surface area contributed by atoms with Crippen LogP contribution >= 0.6 is 0 Å². The Kier molecular flexibility index (Phi) is 5.45. The fourth-order valence-corrected chi connectivity index (χ4v) is 5.44. The van der Waals surface area contributed by atoms with E-state index in [-0.39, 0.29) is 11.5 Å².